The summed E-state index contributed by atoms with van der Waals surface area (Å²) in [5.74, 6) is -0.446. The van der Waals surface area contributed by atoms with Crippen LogP contribution < -0.4 is 20.5 Å². The van der Waals surface area contributed by atoms with Gasteiger partial charge in [0.05, 0.1) is 10.2 Å². The van der Waals surface area contributed by atoms with Crippen molar-refractivity contribution in [2.24, 2.45) is 5.73 Å². The third kappa shape index (κ3) is 6.66. The number of hydrogen-bond acceptors (Lipinski definition) is 5. The van der Waals surface area contributed by atoms with Gasteiger partial charge in [0.25, 0.3) is 11.8 Å². The summed E-state index contributed by atoms with van der Waals surface area (Å²) in [6.45, 7) is 1.86. The number of amides is 2. The molecule has 2 amide bonds. The molecule has 2 aromatic carbocycles. The number of benzene rings is 2. The van der Waals surface area contributed by atoms with Gasteiger partial charge in [-0.1, -0.05) is 17.7 Å². The van der Waals surface area contributed by atoms with Crippen LogP contribution in [0.25, 0.3) is 6.08 Å². The molecule has 0 heterocycles. The number of nitriles is 1. The maximum Gasteiger partial charge on any atom is 0.266 e. The highest BCUT2D eigenvalue weighted by molar-refractivity contribution is 14.1. The number of primary amides is 1. The lowest BCUT2D eigenvalue weighted by molar-refractivity contribution is -0.120. The predicted octanol–water partition coefficient (Wildman–Crippen LogP) is 3.75. The second-order valence-electron chi connectivity index (χ2n) is 5.65. The molecular weight excluding hydrogens is 509 g/mol. The average molecular weight is 526 g/mol. The molecule has 0 unspecified atom stereocenters. The van der Waals surface area contributed by atoms with Gasteiger partial charge in [-0.05, 0) is 71.5 Å². The highest BCUT2D eigenvalue weighted by atomic mass is 127. The lowest BCUT2D eigenvalue weighted by Gasteiger charge is -2.14. The minimum atomic E-state index is -0.614. The fourth-order valence-electron chi connectivity index (χ4n) is 2.30. The Hall–Kier alpha value is -2.77. The predicted molar refractivity (Wildman–Crippen MR) is 119 cm³/mol. The first-order valence-electron chi connectivity index (χ1n) is 8.40. The van der Waals surface area contributed by atoms with E-state index >= 15 is 0 Å². The zero-order chi connectivity index (χ0) is 21.4. The summed E-state index contributed by atoms with van der Waals surface area (Å²) in [6, 6.07) is 11.8. The van der Waals surface area contributed by atoms with Crippen LogP contribution in [0, 0.1) is 14.9 Å². The number of ether oxygens (including phenoxy) is 2. The van der Waals surface area contributed by atoms with Gasteiger partial charge >= 0.3 is 0 Å². The summed E-state index contributed by atoms with van der Waals surface area (Å²) in [6.07, 6.45) is 1.43. The van der Waals surface area contributed by atoms with Crippen molar-refractivity contribution in [3.8, 4) is 17.6 Å². The van der Waals surface area contributed by atoms with Crippen molar-refractivity contribution in [1.29, 1.82) is 5.26 Å². The fraction of sp³-hybridized carbons (Fsp3) is 0.150. The molecule has 0 atom stereocenters. The van der Waals surface area contributed by atoms with Crippen molar-refractivity contribution in [3.05, 3.63) is 56.1 Å². The topological polar surface area (TPSA) is 114 Å². The van der Waals surface area contributed by atoms with Crippen LogP contribution in [0.3, 0.4) is 0 Å². The summed E-state index contributed by atoms with van der Waals surface area (Å²) in [5, 5.41) is 12.5. The highest BCUT2D eigenvalue weighted by Gasteiger charge is 2.15. The Morgan fingerprint density at radius 2 is 2.07 bits per heavy atom. The molecule has 0 fully saturated rings. The van der Waals surface area contributed by atoms with Gasteiger partial charge in [-0.25, -0.2) is 0 Å². The van der Waals surface area contributed by atoms with Crippen LogP contribution in [0.4, 0.5) is 5.69 Å². The average Bonchev–Trinajstić information content (AvgIpc) is 2.65. The summed E-state index contributed by atoms with van der Waals surface area (Å²) in [4.78, 5) is 23.5. The Morgan fingerprint density at radius 3 is 2.69 bits per heavy atom. The summed E-state index contributed by atoms with van der Waals surface area (Å²) in [7, 11) is 0. The van der Waals surface area contributed by atoms with Crippen molar-refractivity contribution < 1.29 is 19.1 Å². The molecule has 2 rings (SSSR count). The van der Waals surface area contributed by atoms with Crippen molar-refractivity contribution >= 4 is 57.8 Å². The number of carbonyl (C=O) groups excluding carboxylic acids is 2. The normalized spacial score (nSPS) is 10.8. The van der Waals surface area contributed by atoms with Gasteiger partial charge in [0.1, 0.15) is 11.6 Å². The molecule has 0 aromatic heterocycles. The van der Waals surface area contributed by atoms with Crippen molar-refractivity contribution in [2.75, 3.05) is 18.5 Å². The van der Waals surface area contributed by atoms with Crippen LogP contribution in [0.15, 0.2) is 42.0 Å². The van der Waals surface area contributed by atoms with Crippen molar-refractivity contribution in [1.82, 2.24) is 0 Å². The van der Waals surface area contributed by atoms with Gasteiger partial charge in [-0.3, -0.25) is 9.59 Å². The zero-order valence-electron chi connectivity index (χ0n) is 15.4. The van der Waals surface area contributed by atoms with E-state index in [-0.39, 0.29) is 12.2 Å². The number of hydrogen-bond donors (Lipinski definition) is 2. The van der Waals surface area contributed by atoms with Crippen LogP contribution in [0.2, 0.25) is 5.02 Å². The number of halogens is 2. The van der Waals surface area contributed by atoms with E-state index < -0.39 is 11.8 Å². The maximum atomic E-state index is 12.4. The molecule has 0 spiro atoms. The second-order valence-corrected chi connectivity index (χ2v) is 7.25. The largest absolute Gasteiger partial charge is 0.490 e. The quantitative estimate of drug-likeness (QED) is 0.309. The minimum absolute atomic E-state index is 0.103. The Kier molecular flexibility index (Phi) is 8.30. The van der Waals surface area contributed by atoms with Crippen molar-refractivity contribution in [3.63, 3.8) is 0 Å². The van der Waals surface area contributed by atoms with Gasteiger partial charge in [0.15, 0.2) is 18.1 Å². The first kappa shape index (κ1) is 22.5. The standard InChI is InChI=1S/C20H17ClIN3O4/c1-2-28-17-8-12(7-16(22)19(17)29-11-18(24)26)6-13(10-23)20(27)25-15-5-3-4-14(21)9-15/h3-9H,2,11H2,1H3,(H2,24,26)(H,25,27)/b13-6+. The summed E-state index contributed by atoms with van der Waals surface area (Å²) >= 11 is 7.92. The molecule has 150 valence electrons. The lowest BCUT2D eigenvalue weighted by atomic mass is 10.1. The Morgan fingerprint density at radius 1 is 1.31 bits per heavy atom. The molecule has 0 bridgehead atoms. The Bertz CT molecular complexity index is 1000. The summed E-state index contributed by atoms with van der Waals surface area (Å²) in [5.41, 5.74) is 6.06. The molecule has 0 radical (unpaired) electrons. The van der Waals surface area contributed by atoms with Crippen LogP contribution >= 0.6 is 34.2 Å². The van der Waals surface area contributed by atoms with E-state index in [1.165, 1.54) is 6.08 Å². The second kappa shape index (κ2) is 10.7. The van der Waals surface area contributed by atoms with Crippen LogP contribution in [0.1, 0.15) is 12.5 Å². The van der Waals surface area contributed by atoms with E-state index in [0.717, 1.165) is 0 Å². The highest BCUT2D eigenvalue weighted by Crippen LogP contribution is 2.35. The van der Waals surface area contributed by atoms with Crippen LogP contribution in [-0.2, 0) is 9.59 Å². The van der Waals surface area contributed by atoms with E-state index in [1.807, 2.05) is 28.7 Å². The molecule has 9 heteroatoms. The number of anilines is 1. The zero-order valence-corrected chi connectivity index (χ0v) is 18.3. The van der Waals surface area contributed by atoms with E-state index in [4.69, 9.17) is 26.8 Å². The maximum absolute atomic E-state index is 12.4. The molecule has 0 saturated heterocycles. The molecule has 7 nitrogen and oxygen atoms in total. The fourth-order valence-corrected chi connectivity index (χ4v) is 3.27. The SMILES string of the molecule is CCOc1cc(/C=C(\C#N)C(=O)Nc2cccc(Cl)c2)cc(I)c1OCC(N)=O. The number of nitrogens with one attached hydrogen (secondary N) is 1. The van der Waals surface area contributed by atoms with Crippen LogP contribution in [-0.4, -0.2) is 25.0 Å². The lowest BCUT2D eigenvalue weighted by Crippen LogP contribution is -2.20. The number of carbonyl (C=O) groups is 2. The number of nitrogens with two attached hydrogens (primary N) is 1. The first-order valence-corrected chi connectivity index (χ1v) is 9.85. The van der Waals surface area contributed by atoms with Gasteiger partial charge in [-0.2, -0.15) is 5.26 Å². The van der Waals surface area contributed by atoms with E-state index in [0.29, 0.717) is 37.9 Å². The molecule has 0 aliphatic heterocycles. The summed E-state index contributed by atoms with van der Waals surface area (Å²) < 4.78 is 11.6. The molecule has 29 heavy (non-hydrogen) atoms. The van der Waals surface area contributed by atoms with Gasteiger partial charge in [-0.15, -0.1) is 0 Å². The third-order valence-electron chi connectivity index (χ3n) is 3.45. The molecular formula is C20H17ClIN3O4. The van der Waals surface area contributed by atoms with Crippen LogP contribution in [0.5, 0.6) is 11.5 Å². The molecule has 0 saturated carbocycles. The van der Waals surface area contributed by atoms with E-state index in [1.54, 1.807) is 43.3 Å². The number of rotatable bonds is 8. The Balaban J connectivity index is 2.33. The minimum Gasteiger partial charge on any atom is -0.490 e. The molecule has 0 aliphatic rings. The van der Waals surface area contributed by atoms with E-state index in [2.05, 4.69) is 5.32 Å². The van der Waals surface area contributed by atoms with Gasteiger partial charge < -0.3 is 20.5 Å². The monoisotopic (exact) mass is 525 g/mol. The van der Waals surface area contributed by atoms with Gasteiger partial charge in [0.2, 0.25) is 0 Å². The van der Waals surface area contributed by atoms with Gasteiger partial charge in [0, 0.05) is 10.7 Å². The molecule has 2 aromatic rings. The molecule has 0 aliphatic carbocycles. The Labute approximate surface area is 186 Å². The smallest absolute Gasteiger partial charge is 0.266 e. The third-order valence-corrected chi connectivity index (χ3v) is 4.49. The first-order chi connectivity index (χ1) is 13.8. The number of nitrogens with zero attached hydrogens (tertiary/aromatic N) is 1. The van der Waals surface area contributed by atoms with Crippen molar-refractivity contribution in [2.45, 2.75) is 6.92 Å². The van der Waals surface area contributed by atoms with E-state index in [9.17, 15) is 14.9 Å². The molecule has 3 N–H and O–H groups in total.